The number of nitrogens with zero attached hydrogens (tertiary/aromatic N) is 2. The molecule has 4 heteroatoms. The van der Waals surface area contributed by atoms with Crippen molar-refractivity contribution in [1.82, 2.24) is 10.6 Å². The topological polar surface area (TPSA) is 48.8 Å². The predicted molar refractivity (Wildman–Crippen MR) is 124 cm³/mol. The lowest BCUT2D eigenvalue weighted by atomic mass is 9.80. The highest BCUT2D eigenvalue weighted by Crippen LogP contribution is 2.34. The van der Waals surface area contributed by atoms with Gasteiger partial charge in [-0.2, -0.15) is 0 Å². The molecule has 2 N–H and O–H groups in total. The average Bonchev–Trinajstić information content (AvgIpc) is 3.30. The normalized spacial score (nSPS) is 35.9. The third-order valence-electron chi connectivity index (χ3n) is 7.96. The Kier molecular flexibility index (Phi) is 7.53. The number of hydrogen-bond acceptors (Lipinski definition) is 4. The van der Waals surface area contributed by atoms with Crippen LogP contribution >= 0.6 is 0 Å². The molecule has 4 rings (SSSR count). The van der Waals surface area contributed by atoms with Gasteiger partial charge >= 0.3 is 0 Å². The second-order valence-corrected chi connectivity index (χ2v) is 10.3. The predicted octanol–water partition coefficient (Wildman–Crippen LogP) is 5.62. The van der Waals surface area contributed by atoms with Crippen molar-refractivity contribution in [1.29, 1.82) is 0 Å². The van der Waals surface area contributed by atoms with Gasteiger partial charge in [0.2, 0.25) is 0 Å². The van der Waals surface area contributed by atoms with Gasteiger partial charge < -0.3 is 10.6 Å². The van der Waals surface area contributed by atoms with Crippen molar-refractivity contribution in [3.05, 3.63) is 0 Å². The number of unbranched alkanes of at least 4 members (excludes halogenated alkanes) is 4. The Labute approximate surface area is 178 Å². The fraction of sp³-hybridized carbons (Fsp3) is 0.920. The van der Waals surface area contributed by atoms with Crippen LogP contribution in [0.4, 0.5) is 0 Å². The van der Waals surface area contributed by atoms with Gasteiger partial charge in [-0.25, -0.2) is 0 Å². The number of aliphatic imine (C=N–C) groups is 2. The first-order valence-corrected chi connectivity index (χ1v) is 12.9. The lowest BCUT2D eigenvalue weighted by Gasteiger charge is -2.30. The fourth-order valence-corrected chi connectivity index (χ4v) is 6.24. The summed E-state index contributed by atoms with van der Waals surface area (Å²) >= 11 is 0. The van der Waals surface area contributed by atoms with Gasteiger partial charge in [0.1, 0.15) is 11.7 Å². The molecule has 2 heterocycles. The maximum Gasteiger partial charge on any atom is 0.105 e. The zero-order valence-electron chi connectivity index (χ0n) is 19.0. The minimum absolute atomic E-state index is 0.526. The van der Waals surface area contributed by atoms with E-state index in [-0.39, 0.29) is 0 Å². The molecule has 4 nitrogen and oxygen atoms in total. The fourth-order valence-electron chi connectivity index (χ4n) is 6.24. The van der Waals surface area contributed by atoms with Gasteiger partial charge in [-0.15, -0.1) is 0 Å². The molecule has 0 aromatic rings. The van der Waals surface area contributed by atoms with Crippen LogP contribution in [-0.2, 0) is 0 Å². The van der Waals surface area contributed by atoms with Crippen LogP contribution in [0.5, 0.6) is 0 Å². The van der Waals surface area contributed by atoms with Gasteiger partial charge in [-0.1, -0.05) is 65.2 Å². The SMILES string of the molecule is CCCCCC1CCC2NC(CC3=NC4CCC(CCCCC)CC4N3)=NC2C1. The summed E-state index contributed by atoms with van der Waals surface area (Å²) in [5, 5.41) is 7.55. The summed E-state index contributed by atoms with van der Waals surface area (Å²) in [7, 11) is 0. The van der Waals surface area contributed by atoms with Crippen LogP contribution in [0, 0.1) is 11.8 Å². The van der Waals surface area contributed by atoms with Gasteiger partial charge in [-0.3, -0.25) is 9.98 Å². The van der Waals surface area contributed by atoms with Gasteiger partial charge in [0.25, 0.3) is 0 Å². The van der Waals surface area contributed by atoms with Crippen molar-refractivity contribution in [3.8, 4) is 0 Å². The van der Waals surface area contributed by atoms with Crippen LogP contribution < -0.4 is 10.6 Å². The number of fused-ring (bicyclic) bond motifs is 2. The Bertz CT molecular complexity index is 583. The van der Waals surface area contributed by atoms with Gasteiger partial charge in [0.05, 0.1) is 18.5 Å². The zero-order chi connectivity index (χ0) is 20.1. The van der Waals surface area contributed by atoms with E-state index < -0.39 is 0 Å². The van der Waals surface area contributed by atoms with Crippen LogP contribution in [0.15, 0.2) is 9.98 Å². The third-order valence-corrected chi connectivity index (χ3v) is 7.96. The Morgan fingerprint density at radius 3 is 2.03 bits per heavy atom. The molecule has 0 amide bonds. The van der Waals surface area contributed by atoms with Crippen LogP contribution in [0.1, 0.15) is 110 Å². The summed E-state index contributed by atoms with van der Waals surface area (Å²) in [6.07, 6.45) is 20.0. The standard InChI is InChI=1S/C25H44N4/c1-3-5-7-9-18-11-13-20-22(15-18)28-24(26-20)17-25-27-21-14-12-19(10-8-6-4-2)16-23(21)29-25/h18-23H,3-17H2,1-2H3,(H,26,28)(H,27,29). The molecule has 4 aliphatic rings. The van der Waals surface area contributed by atoms with Crippen LogP contribution in [0.25, 0.3) is 0 Å². The average molecular weight is 401 g/mol. The summed E-state index contributed by atoms with van der Waals surface area (Å²) < 4.78 is 0. The van der Waals surface area contributed by atoms with Crippen molar-refractivity contribution in [2.24, 2.45) is 21.8 Å². The molecule has 6 unspecified atom stereocenters. The third kappa shape index (κ3) is 5.55. The minimum atomic E-state index is 0.526. The monoisotopic (exact) mass is 400 g/mol. The van der Waals surface area contributed by atoms with E-state index in [1.807, 2.05) is 0 Å². The molecular formula is C25H44N4. The summed E-state index contributed by atoms with van der Waals surface area (Å²) in [6, 6.07) is 2.24. The molecule has 0 radical (unpaired) electrons. The molecule has 2 saturated carbocycles. The molecule has 0 bridgehead atoms. The molecule has 0 saturated heterocycles. The Morgan fingerprint density at radius 1 is 0.690 bits per heavy atom. The van der Waals surface area contributed by atoms with Gasteiger partial charge in [0, 0.05) is 12.1 Å². The molecule has 2 fully saturated rings. The van der Waals surface area contributed by atoms with E-state index in [9.17, 15) is 0 Å². The first-order valence-electron chi connectivity index (χ1n) is 12.9. The maximum atomic E-state index is 5.12. The second-order valence-electron chi connectivity index (χ2n) is 10.3. The van der Waals surface area contributed by atoms with E-state index in [0.29, 0.717) is 24.2 Å². The Balaban J connectivity index is 1.23. The van der Waals surface area contributed by atoms with Crippen molar-refractivity contribution in [2.75, 3.05) is 0 Å². The number of nitrogens with one attached hydrogen (secondary N) is 2. The molecule has 0 aromatic carbocycles. The van der Waals surface area contributed by atoms with Crippen LogP contribution in [0.3, 0.4) is 0 Å². The zero-order valence-corrected chi connectivity index (χ0v) is 19.0. The molecule has 0 aromatic heterocycles. The summed E-state index contributed by atoms with van der Waals surface area (Å²) in [5.74, 6) is 4.23. The molecular weight excluding hydrogens is 356 g/mol. The molecule has 2 aliphatic carbocycles. The highest BCUT2D eigenvalue weighted by atomic mass is 15.2. The summed E-state index contributed by atoms with van der Waals surface area (Å²) in [4.78, 5) is 10.2. The second kappa shape index (κ2) is 10.3. The van der Waals surface area contributed by atoms with E-state index in [1.54, 1.807) is 0 Å². The summed E-state index contributed by atoms with van der Waals surface area (Å²) in [5.41, 5.74) is 0. The quantitative estimate of drug-likeness (QED) is 0.468. The van der Waals surface area contributed by atoms with E-state index in [2.05, 4.69) is 24.5 Å². The van der Waals surface area contributed by atoms with Crippen molar-refractivity contribution < 1.29 is 0 Å². The van der Waals surface area contributed by atoms with E-state index >= 15 is 0 Å². The molecule has 0 spiro atoms. The maximum absolute atomic E-state index is 5.12. The first kappa shape index (κ1) is 21.2. The van der Waals surface area contributed by atoms with E-state index in [0.717, 1.165) is 18.3 Å². The number of amidine groups is 2. The molecule has 164 valence electrons. The van der Waals surface area contributed by atoms with Gasteiger partial charge in [-0.05, 0) is 50.4 Å². The Hall–Kier alpha value is -1.06. The van der Waals surface area contributed by atoms with E-state index in [1.165, 1.54) is 102 Å². The largest absolute Gasteiger partial charge is 0.369 e. The minimum Gasteiger partial charge on any atom is -0.369 e. The lowest BCUT2D eigenvalue weighted by Crippen LogP contribution is -2.42. The van der Waals surface area contributed by atoms with Crippen molar-refractivity contribution in [2.45, 2.75) is 134 Å². The first-order chi connectivity index (χ1) is 14.2. The van der Waals surface area contributed by atoms with Crippen LogP contribution in [-0.4, -0.2) is 35.8 Å². The Morgan fingerprint density at radius 2 is 1.31 bits per heavy atom. The van der Waals surface area contributed by atoms with Gasteiger partial charge in [0.15, 0.2) is 0 Å². The molecule has 2 aliphatic heterocycles. The molecule has 6 atom stereocenters. The van der Waals surface area contributed by atoms with Crippen molar-refractivity contribution >= 4 is 11.7 Å². The van der Waals surface area contributed by atoms with E-state index in [4.69, 9.17) is 9.98 Å². The van der Waals surface area contributed by atoms with Crippen LogP contribution in [0.2, 0.25) is 0 Å². The highest BCUT2D eigenvalue weighted by Gasteiger charge is 2.37. The smallest absolute Gasteiger partial charge is 0.105 e. The number of rotatable bonds is 10. The highest BCUT2D eigenvalue weighted by molar-refractivity contribution is 6.04. The molecule has 29 heavy (non-hydrogen) atoms. The van der Waals surface area contributed by atoms with Crippen molar-refractivity contribution in [3.63, 3.8) is 0 Å². The number of hydrogen-bond donors (Lipinski definition) is 2. The lowest BCUT2D eigenvalue weighted by molar-refractivity contribution is 0.270. The summed E-state index contributed by atoms with van der Waals surface area (Å²) in [6.45, 7) is 4.61.